The van der Waals surface area contributed by atoms with Crippen LogP contribution in [0.4, 0.5) is 0 Å². The molecule has 0 radical (unpaired) electrons. The molecule has 1 fully saturated rings. The molecular formula is C12H17N2OP. The topological polar surface area (TPSA) is 41.1 Å². The first-order valence-electron chi connectivity index (χ1n) is 5.54. The molecule has 2 rings (SSSR count). The molecule has 0 saturated carbocycles. The lowest BCUT2D eigenvalue weighted by Crippen LogP contribution is -2.52. The Balaban J connectivity index is 2.18. The van der Waals surface area contributed by atoms with E-state index in [0.717, 1.165) is 6.42 Å². The second kappa shape index (κ2) is 4.94. The Morgan fingerprint density at radius 2 is 2.06 bits per heavy atom. The maximum Gasteiger partial charge on any atom is 0.237 e. The number of piperidine rings is 1. The number of carbonyl (C=O) groups is 1. The van der Waals surface area contributed by atoms with Gasteiger partial charge < -0.3 is 5.32 Å². The Morgan fingerprint density at radius 1 is 1.38 bits per heavy atom. The smallest absolute Gasteiger partial charge is 0.237 e. The number of hydrogen-bond acceptors (Lipinski definition) is 2. The number of nitrogens with one attached hydrogen (secondary N) is 2. The fraction of sp³-hybridized carbons (Fsp3) is 0.417. The van der Waals surface area contributed by atoms with Crippen molar-refractivity contribution in [1.82, 2.24) is 10.4 Å². The molecule has 1 aliphatic heterocycles. The second-order valence-corrected chi connectivity index (χ2v) is 4.60. The predicted octanol–water partition coefficient (Wildman–Crippen LogP) is 1.43. The highest BCUT2D eigenvalue weighted by atomic mass is 31.0. The number of amides is 1. The lowest BCUT2D eigenvalue weighted by molar-refractivity contribution is -0.125. The molecule has 0 bridgehead atoms. The minimum atomic E-state index is -0.105. The number of carbonyl (C=O) groups excluding carboxylic acids is 1. The van der Waals surface area contributed by atoms with E-state index in [1.54, 1.807) is 0 Å². The molecule has 0 spiro atoms. The van der Waals surface area contributed by atoms with Crippen LogP contribution in [0.15, 0.2) is 30.3 Å². The number of hydrogen-bond donors (Lipinski definition) is 2. The van der Waals surface area contributed by atoms with Gasteiger partial charge in [-0.1, -0.05) is 39.7 Å². The van der Waals surface area contributed by atoms with Crippen molar-refractivity contribution >= 4 is 15.3 Å². The van der Waals surface area contributed by atoms with Crippen molar-refractivity contribution in [3.05, 3.63) is 35.9 Å². The summed E-state index contributed by atoms with van der Waals surface area (Å²) in [6.07, 6.45) is 0.848. The van der Waals surface area contributed by atoms with Crippen LogP contribution in [0.2, 0.25) is 0 Å². The summed E-state index contributed by atoms with van der Waals surface area (Å²) in [5.41, 5.74) is 1.29. The van der Waals surface area contributed by atoms with Crippen LogP contribution in [0.25, 0.3) is 0 Å². The summed E-state index contributed by atoms with van der Waals surface area (Å²) in [5.74, 6) is 0.478. The highest BCUT2D eigenvalue weighted by Gasteiger charge is 2.32. The van der Waals surface area contributed by atoms with E-state index in [9.17, 15) is 4.79 Å². The summed E-state index contributed by atoms with van der Waals surface area (Å²) in [6, 6.07) is 10.4. The molecule has 4 heteroatoms. The van der Waals surface area contributed by atoms with Gasteiger partial charge in [0.15, 0.2) is 0 Å². The first-order valence-corrected chi connectivity index (χ1v) is 6.11. The fourth-order valence-corrected chi connectivity index (χ4v) is 2.55. The van der Waals surface area contributed by atoms with Gasteiger partial charge in [0.05, 0.1) is 6.04 Å². The molecule has 0 aromatic heterocycles. The molecule has 1 saturated heterocycles. The zero-order valence-corrected chi connectivity index (χ0v) is 10.5. The van der Waals surface area contributed by atoms with Gasteiger partial charge in [-0.15, -0.1) is 0 Å². The molecule has 0 aliphatic carbocycles. The van der Waals surface area contributed by atoms with Crippen LogP contribution < -0.4 is 10.4 Å². The fourth-order valence-electron chi connectivity index (χ4n) is 2.26. The van der Waals surface area contributed by atoms with E-state index in [-0.39, 0.29) is 18.0 Å². The molecule has 1 aliphatic rings. The molecule has 1 heterocycles. The monoisotopic (exact) mass is 236 g/mol. The molecular weight excluding hydrogens is 219 g/mol. The third-order valence-corrected chi connectivity index (χ3v) is 3.61. The van der Waals surface area contributed by atoms with Gasteiger partial charge in [-0.2, -0.15) is 0 Å². The van der Waals surface area contributed by atoms with E-state index >= 15 is 0 Å². The Hall–Kier alpha value is -0.920. The van der Waals surface area contributed by atoms with Crippen LogP contribution in [-0.2, 0) is 4.79 Å². The SMILES string of the molecule is CC1NC(=O)C(NP)CC1c1ccccc1. The summed E-state index contributed by atoms with van der Waals surface area (Å²) in [6.45, 7) is 2.06. The predicted molar refractivity (Wildman–Crippen MR) is 68.0 cm³/mol. The van der Waals surface area contributed by atoms with Crippen molar-refractivity contribution in [3.8, 4) is 0 Å². The summed E-state index contributed by atoms with van der Waals surface area (Å²) >= 11 is 0. The average Bonchev–Trinajstić information content (AvgIpc) is 2.30. The molecule has 1 aromatic carbocycles. The Morgan fingerprint density at radius 3 is 2.69 bits per heavy atom. The largest absolute Gasteiger partial charge is 0.352 e. The number of rotatable bonds is 2. The van der Waals surface area contributed by atoms with Gasteiger partial charge in [0.1, 0.15) is 0 Å². The Labute approximate surface area is 98.3 Å². The minimum Gasteiger partial charge on any atom is -0.352 e. The normalized spacial score (nSPS) is 29.9. The zero-order chi connectivity index (χ0) is 11.5. The van der Waals surface area contributed by atoms with Gasteiger partial charge in [0.25, 0.3) is 0 Å². The standard InChI is InChI=1S/C12H17N2OP/c1-8-10(9-5-3-2-4-6-9)7-11(14-16)12(15)13-8/h2-6,8,10-11,14H,7,16H2,1H3,(H,13,15). The maximum atomic E-state index is 11.6. The van der Waals surface area contributed by atoms with Crippen LogP contribution in [0.3, 0.4) is 0 Å². The minimum absolute atomic E-state index is 0.0923. The summed E-state index contributed by atoms with van der Waals surface area (Å²) in [7, 11) is 2.42. The van der Waals surface area contributed by atoms with E-state index in [1.807, 2.05) is 18.2 Å². The lowest BCUT2D eigenvalue weighted by Gasteiger charge is -2.34. The first-order chi connectivity index (χ1) is 7.72. The van der Waals surface area contributed by atoms with E-state index in [2.05, 4.69) is 38.9 Å². The molecule has 86 valence electrons. The van der Waals surface area contributed by atoms with Gasteiger partial charge in [0.2, 0.25) is 5.91 Å². The summed E-state index contributed by atoms with van der Waals surface area (Å²) in [4.78, 5) is 11.6. The number of benzene rings is 1. The second-order valence-electron chi connectivity index (χ2n) is 4.27. The Kier molecular flexibility index (Phi) is 3.57. The van der Waals surface area contributed by atoms with Crippen molar-refractivity contribution < 1.29 is 4.79 Å². The first kappa shape index (κ1) is 11.6. The van der Waals surface area contributed by atoms with Gasteiger partial charge in [-0.25, -0.2) is 0 Å². The molecule has 4 atom stereocenters. The third-order valence-electron chi connectivity index (χ3n) is 3.21. The van der Waals surface area contributed by atoms with E-state index < -0.39 is 0 Å². The van der Waals surface area contributed by atoms with Gasteiger partial charge in [0, 0.05) is 12.0 Å². The van der Waals surface area contributed by atoms with E-state index in [0.29, 0.717) is 5.92 Å². The molecule has 1 aromatic rings. The lowest BCUT2D eigenvalue weighted by atomic mass is 9.83. The molecule has 3 nitrogen and oxygen atoms in total. The van der Waals surface area contributed by atoms with E-state index in [1.165, 1.54) is 5.56 Å². The van der Waals surface area contributed by atoms with Crippen molar-refractivity contribution in [2.24, 2.45) is 0 Å². The molecule has 16 heavy (non-hydrogen) atoms. The molecule has 1 amide bonds. The Bertz CT molecular complexity index is 369. The van der Waals surface area contributed by atoms with Gasteiger partial charge in [-0.05, 0) is 18.9 Å². The molecule has 2 N–H and O–H groups in total. The van der Waals surface area contributed by atoms with Crippen molar-refractivity contribution in [2.45, 2.75) is 31.3 Å². The van der Waals surface area contributed by atoms with Gasteiger partial charge >= 0.3 is 0 Å². The zero-order valence-electron chi connectivity index (χ0n) is 9.31. The maximum absolute atomic E-state index is 11.6. The van der Waals surface area contributed by atoms with Crippen LogP contribution >= 0.6 is 9.39 Å². The van der Waals surface area contributed by atoms with Crippen molar-refractivity contribution in [3.63, 3.8) is 0 Å². The quantitative estimate of drug-likeness (QED) is 0.763. The highest BCUT2D eigenvalue weighted by Crippen LogP contribution is 2.28. The summed E-state index contributed by atoms with van der Waals surface area (Å²) < 4.78 is 0. The highest BCUT2D eigenvalue weighted by molar-refractivity contribution is 7.13. The van der Waals surface area contributed by atoms with Crippen LogP contribution in [0.1, 0.15) is 24.8 Å². The van der Waals surface area contributed by atoms with Gasteiger partial charge in [-0.3, -0.25) is 9.88 Å². The summed E-state index contributed by atoms with van der Waals surface area (Å²) in [5, 5.41) is 5.99. The molecule has 4 unspecified atom stereocenters. The van der Waals surface area contributed by atoms with Crippen LogP contribution in [-0.4, -0.2) is 18.0 Å². The third kappa shape index (κ3) is 2.26. The van der Waals surface area contributed by atoms with Crippen LogP contribution in [0, 0.1) is 0 Å². The average molecular weight is 236 g/mol. The van der Waals surface area contributed by atoms with Crippen LogP contribution in [0.5, 0.6) is 0 Å². The van der Waals surface area contributed by atoms with E-state index in [4.69, 9.17) is 0 Å². The van der Waals surface area contributed by atoms with Crippen molar-refractivity contribution in [2.75, 3.05) is 0 Å². The van der Waals surface area contributed by atoms with Crippen molar-refractivity contribution in [1.29, 1.82) is 0 Å².